The summed E-state index contributed by atoms with van der Waals surface area (Å²) < 4.78 is 19.0. The molecule has 1 aliphatic heterocycles. The van der Waals surface area contributed by atoms with Crippen LogP contribution in [0.3, 0.4) is 0 Å². The van der Waals surface area contributed by atoms with Crippen molar-refractivity contribution >= 4 is 17.3 Å². The number of esters is 1. The molecular formula is C15H21FN2O2. The first kappa shape index (κ1) is 14.6. The van der Waals surface area contributed by atoms with Crippen LogP contribution < -0.4 is 10.6 Å². The molecule has 0 amide bonds. The molecule has 1 saturated heterocycles. The molecule has 0 aliphatic carbocycles. The number of nitrogen functional groups attached to an aromatic ring is 1. The zero-order chi connectivity index (χ0) is 14.7. The van der Waals surface area contributed by atoms with Gasteiger partial charge in [-0.3, -0.25) is 0 Å². The van der Waals surface area contributed by atoms with Crippen molar-refractivity contribution in [3.8, 4) is 0 Å². The lowest BCUT2D eigenvalue weighted by molar-refractivity contribution is 0.0527. The summed E-state index contributed by atoms with van der Waals surface area (Å²) in [6.07, 6.45) is 2.05. The molecule has 1 heterocycles. The van der Waals surface area contributed by atoms with Crippen LogP contribution in [0.4, 0.5) is 15.8 Å². The maximum Gasteiger partial charge on any atom is 0.340 e. The van der Waals surface area contributed by atoms with E-state index in [2.05, 4.69) is 6.92 Å². The molecule has 5 heteroatoms. The lowest BCUT2D eigenvalue weighted by Gasteiger charge is -2.32. The number of ether oxygens (including phenoxy) is 1. The van der Waals surface area contributed by atoms with E-state index in [0.717, 1.165) is 25.9 Å². The minimum absolute atomic E-state index is 0.120. The third kappa shape index (κ3) is 3.03. The van der Waals surface area contributed by atoms with Crippen molar-refractivity contribution in [3.63, 3.8) is 0 Å². The Kier molecular flexibility index (Phi) is 4.47. The minimum atomic E-state index is -0.503. The predicted octanol–water partition coefficient (Wildman–Crippen LogP) is 2.82. The Morgan fingerprint density at radius 2 is 2.10 bits per heavy atom. The lowest BCUT2D eigenvalue weighted by Crippen LogP contribution is -2.33. The number of hydrogen-bond acceptors (Lipinski definition) is 4. The molecule has 0 saturated carbocycles. The second-order valence-electron chi connectivity index (χ2n) is 5.28. The average molecular weight is 280 g/mol. The van der Waals surface area contributed by atoms with Crippen LogP contribution in [0.5, 0.6) is 0 Å². The summed E-state index contributed by atoms with van der Waals surface area (Å²) in [5.41, 5.74) is 6.51. The van der Waals surface area contributed by atoms with Gasteiger partial charge >= 0.3 is 5.97 Å². The summed E-state index contributed by atoms with van der Waals surface area (Å²) in [7, 11) is 0. The van der Waals surface area contributed by atoms with Gasteiger partial charge in [0.1, 0.15) is 5.82 Å². The summed E-state index contributed by atoms with van der Waals surface area (Å²) in [5.74, 6) is -0.227. The zero-order valence-corrected chi connectivity index (χ0v) is 12.0. The van der Waals surface area contributed by atoms with Crippen molar-refractivity contribution in [2.75, 3.05) is 30.3 Å². The van der Waals surface area contributed by atoms with Gasteiger partial charge in [0.05, 0.1) is 17.9 Å². The van der Waals surface area contributed by atoms with Gasteiger partial charge in [0.25, 0.3) is 0 Å². The van der Waals surface area contributed by atoms with Crippen LogP contribution in [0.2, 0.25) is 0 Å². The highest BCUT2D eigenvalue weighted by Crippen LogP contribution is 2.29. The first-order valence-electron chi connectivity index (χ1n) is 7.04. The highest BCUT2D eigenvalue weighted by Gasteiger charge is 2.22. The summed E-state index contributed by atoms with van der Waals surface area (Å²) in [6, 6.07) is 2.72. The van der Waals surface area contributed by atoms with Crippen LogP contribution in [0, 0.1) is 11.7 Å². The molecule has 0 atom stereocenters. The highest BCUT2D eigenvalue weighted by atomic mass is 19.1. The van der Waals surface area contributed by atoms with E-state index in [1.54, 1.807) is 6.92 Å². The van der Waals surface area contributed by atoms with E-state index in [4.69, 9.17) is 10.5 Å². The number of benzene rings is 1. The Bertz CT molecular complexity index is 497. The molecule has 20 heavy (non-hydrogen) atoms. The number of nitrogens with two attached hydrogens (primary N) is 1. The van der Waals surface area contributed by atoms with Gasteiger partial charge in [0.2, 0.25) is 0 Å². The van der Waals surface area contributed by atoms with Crippen molar-refractivity contribution in [2.45, 2.75) is 26.7 Å². The number of piperidine rings is 1. The minimum Gasteiger partial charge on any atom is -0.462 e. The normalized spacial score (nSPS) is 16.2. The largest absolute Gasteiger partial charge is 0.462 e. The maximum atomic E-state index is 14.1. The number of hydrogen-bond donors (Lipinski definition) is 1. The predicted molar refractivity (Wildman–Crippen MR) is 77.4 cm³/mol. The van der Waals surface area contributed by atoms with E-state index in [-0.39, 0.29) is 23.7 Å². The van der Waals surface area contributed by atoms with Crippen LogP contribution in [0.25, 0.3) is 0 Å². The molecule has 2 rings (SSSR count). The Labute approximate surface area is 118 Å². The molecule has 4 nitrogen and oxygen atoms in total. The van der Waals surface area contributed by atoms with Crippen LogP contribution >= 0.6 is 0 Å². The molecule has 1 aromatic carbocycles. The summed E-state index contributed by atoms with van der Waals surface area (Å²) in [5, 5.41) is 0. The number of halogens is 1. The fourth-order valence-electron chi connectivity index (χ4n) is 2.45. The second-order valence-corrected chi connectivity index (χ2v) is 5.28. The Morgan fingerprint density at radius 3 is 2.70 bits per heavy atom. The SMILES string of the molecule is CCOC(=O)c1cc(N2CCC(C)CC2)c(F)cc1N. The molecule has 1 aromatic rings. The molecule has 1 fully saturated rings. The summed E-state index contributed by atoms with van der Waals surface area (Å²) in [6.45, 7) is 5.78. The molecule has 0 aromatic heterocycles. The van der Waals surface area contributed by atoms with Crippen molar-refractivity contribution in [1.82, 2.24) is 0 Å². The Morgan fingerprint density at radius 1 is 1.45 bits per heavy atom. The van der Waals surface area contributed by atoms with Gasteiger partial charge in [-0.1, -0.05) is 6.92 Å². The fourth-order valence-corrected chi connectivity index (χ4v) is 2.45. The molecule has 110 valence electrons. The molecule has 0 spiro atoms. The van der Waals surface area contributed by atoms with Crippen molar-refractivity contribution in [2.24, 2.45) is 5.92 Å². The van der Waals surface area contributed by atoms with Crippen molar-refractivity contribution in [3.05, 3.63) is 23.5 Å². The van der Waals surface area contributed by atoms with Crippen LogP contribution in [-0.2, 0) is 4.74 Å². The number of nitrogens with zero attached hydrogens (tertiary/aromatic N) is 1. The Balaban J connectivity index is 2.29. The first-order valence-corrected chi connectivity index (χ1v) is 7.04. The average Bonchev–Trinajstić information content (AvgIpc) is 2.40. The van der Waals surface area contributed by atoms with Gasteiger partial charge in [-0.15, -0.1) is 0 Å². The van der Waals surface area contributed by atoms with E-state index in [1.165, 1.54) is 12.1 Å². The van der Waals surface area contributed by atoms with Gasteiger partial charge in [-0.2, -0.15) is 0 Å². The number of carbonyl (C=O) groups excluding carboxylic acids is 1. The lowest BCUT2D eigenvalue weighted by atomic mass is 9.98. The van der Waals surface area contributed by atoms with E-state index in [9.17, 15) is 9.18 Å². The second kappa shape index (κ2) is 6.11. The molecule has 0 bridgehead atoms. The maximum absolute atomic E-state index is 14.1. The van der Waals surface area contributed by atoms with E-state index in [1.807, 2.05) is 4.90 Å². The van der Waals surface area contributed by atoms with Crippen LogP contribution in [0.1, 0.15) is 37.0 Å². The first-order chi connectivity index (χ1) is 9.52. The molecule has 2 N–H and O–H groups in total. The third-order valence-corrected chi connectivity index (χ3v) is 3.74. The molecular weight excluding hydrogens is 259 g/mol. The fraction of sp³-hybridized carbons (Fsp3) is 0.533. The summed E-state index contributed by atoms with van der Waals surface area (Å²) in [4.78, 5) is 13.8. The summed E-state index contributed by atoms with van der Waals surface area (Å²) >= 11 is 0. The smallest absolute Gasteiger partial charge is 0.340 e. The number of carbonyl (C=O) groups is 1. The van der Waals surface area contributed by atoms with E-state index < -0.39 is 5.97 Å². The van der Waals surface area contributed by atoms with Gasteiger partial charge in [0.15, 0.2) is 0 Å². The quantitative estimate of drug-likeness (QED) is 0.683. The van der Waals surface area contributed by atoms with E-state index in [0.29, 0.717) is 11.6 Å². The van der Waals surface area contributed by atoms with Gasteiger partial charge in [-0.05, 0) is 37.8 Å². The molecule has 0 radical (unpaired) electrons. The number of rotatable bonds is 3. The molecule has 1 aliphatic rings. The standard InChI is InChI=1S/C15H21FN2O2/c1-3-20-15(19)11-8-14(12(16)9-13(11)17)18-6-4-10(2)5-7-18/h8-10H,3-7,17H2,1-2H3. The molecule has 0 unspecified atom stereocenters. The van der Waals surface area contributed by atoms with Crippen molar-refractivity contribution in [1.29, 1.82) is 0 Å². The van der Waals surface area contributed by atoms with Crippen LogP contribution in [0.15, 0.2) is 12.1 Å². The zero-order valence-electron chi connectivity index (χ0n) is 12.0. The third-order valence-electron chi connectivity index (χ3n) is 3.74. The Hall–Kier alpha value is -1.78. The van der Waals surface area contributed by atoms with Gasteiger partial charge in [-0.25, -0.2) is 9.18 Å². The highest BCUT2D eigenvalue weighted by molar-refractivity contribution is 5.96. The van der Waals surface area contributed by atoms with Crippen LogP contribution in [-0.4, -0.2) is 25.7 Å². The van der Waals surface area contributed by atoms with E-state index >= 15 is 0 Å². The van der Waals surface area contributed by atoms with Crippen molar-refractivity contribution < 1.29 is 13.9 Å². The monoisotopic (exact) mass is 280 g/mol. The number of anilines is 2. The van der Waals surface area contributed by atoms with Gasteiger partial charge in [0, 0.05) is 18.8 Å². The topological polar surface area (TPSA) is 55.6 Å². The van der Waals surface area contributed by atoms with Gasteiger partial charge < -0.3 is 15.4 Å².